The highest BCUT2D eigenvalue weighted by Gasteiger charge is 2.10. The van der Waals surface area contributed by atoms with Crippen LogP contribution in [0.3, 0.4) is 0 Å². The fourth-order valence-corrected chi connectivity index (χ4v) is 3.16. The van der Waals surface area contributed by atoms with E-state index in [9.17, 15) is 10.1 Å². The van der Waals surface area contributed by atoms with Gasteiger partial charge in [-0.2, -0.15) is 5.26 Å². The minimum Gasteiger partial charge on any atom is -0.366 e. The maximum Gasteiger partial charge on any atom is 0.250 e. The lowest BCUT2D eigenvalue weighted by atomic mass is 10.1. The zero-order valence-electron chi connectivity index (χ0n) is 14.1. The number of aromatic nitrogens is 1. The summed E-state index contributed by atoms with van der Waals surface area (Å²) in [5.74, 6) is -0.532. The van der Waals surface area contributed by atoms with E-state index in [4.69, 9.17) is 5.73 Å². The number of hydrogen-bond acceptors (Lipinski definition) is 5. The van der Waals surface area contributed by atoms with E-state index in [1.165, 1.54) is 16.9 Å². The number of nitriles is 1. The number of nitrogens with one attached hydrogen (secondary N) is 1. The van der Waals surface area contributed by atoms with Crippen LogP contribution in [0, 0.1) is 18.3 Å². The van der Waals surface area contributed by atoms with Crippen LogP contribution in [0.4, 0.5) is 5.69 Å². The molecule has 0 bridgehead atoms. The van der Waals surface area contributed by atoms with Gasteiger partial charge in [0.15, 0.2) is 0 Å². The van der Waals surface area contributed by atoms with E-state index >= 15 is 0 Å². The lowest BCUT2D eigenvalue weighted by molar-refractivity contribution is 0.100. The Balaban J connectivity index is 1.86. The van der Waals surface area contributed by atoms with Crippen molar-refractivity contribution >= 4 is 28.5 Å². The van der Waals surface area contributed by atoms with Crippen molar-refractivity contribution < 1.29 is 4.79 Å². The van der Waals surface area contributed by atoms with Crippen molar-refractivity contribution in [2.75, 3.05) is 5.32 Å². The Morgan fingerprint density at radius 2 is 1.96 bits per heavy atom. The summed E-state index contributed by atoms with van der Waals surface area (Å²) in [6.07, 6.45) is 1.54. The zero-order chi connectivity index (χ0) is 18.5. The quantitative estimate of drug-likeness (QED) is 0.667. The van der Waals surface area contributed by atoms with Gasteiger partial charge in [-0.15, -0.1) is 11.3 Å². The first kappa shape index (κ1) is 17.4. The summed E-state index contributed by atoms with van der Waals surface area (Å²) in [6, 6.07) is 17.1. The second-order valence-electron chi connectivity index (χ2n) is 5.63. The molecule has 5 nitrogen and oxygen atoms in total. The van der Waals surface area contributed by atoms with E-state index in [2.05, 4.69) is 16.4 Å². The molecule has 0 aliphatic rings. The van der Waals surface area contributed by atoms with E-state index in [0.717, 1.165) is 11.3 Å². The monoisotopic (exact) mass is 360 g/mol. The molecule has 2 aromatic carbocycles. The first-order valence-corrected chi connectivity index (χ1v) is 8.75. The van der Waals surface area contributed by atoms with E-state index in [-0.39, 0.29) is 0 Å². The van der Waals surface area contributed by atoms with Gasteiger partial charge in [-0.1, -0.05) is 42.0 Å². The highest BCUT2D eigenvalue weighted by molar-refractivity contribution is 7.11. The van der Waals surface area contributed by atoms with Gasteiger partial charge in [0.25, 0.3) is 5.91 Å². The molecular weight excluding hydrogens is 344 g/mol. The lowest BCUT2D eigenvalue weighted by Gasteiger charge is -2.06. The number of aryl methyl sites for hydroxylation is 1. The molecule has 3 rings (SSSR count). The molecule has 3 aromatic rings. The van der Waals surface area contributed by atoms with Gasteiger partial charge in [0, 0.05) is 17.1 Å². The van der Waals surface area contributed by atoms with Gasteiger partial charge in [-0.25, -0.2) is 4.98 Å². The summed E-state index contributed by atoms with van der Waals surface area (Å²) in [6.45, 7) is 2.03. The molecule has 26 heavy (non-hydrogen) atoms. The second-order valence-corrected chi connectivity index (χ2v) is 6.49. The molecule has 0 aliphatic heterocycles. The first-order chi connectivity index (χ1) is 12.6. The number of amides is 1. The van der Waals surface area contributed by atoms with Crippen LogP contribution in [0.25, 0.3) is 16.8 Å². The number of para-hydroxylation sites is 1. The van der Waals surface area contributed by atoms with Crippen LogP contribution in [0.1, 0.15) is 20.9 Å². The van der Waals surface area contributed by atoms with Crippen LogP contribution in [0.5, 0.6) is 0 Å². The van der Waals surface area contributed by atoms with Gasteiger partial charge in [-0.3, -0.25) is 4.79 Å². The Morgan fingerprint density at radius 1 is 1.23 bits per heavy atom. The lowest BCUT2D eigenvalue weighted by Crippen LogP contribution is -2.13. The number of carbonyl (C=O) groups excluding carboxylic acids is 1. The number of thiazole rings is 1. The summed E-state index contributed by atoms with van der Waals surface area (Å²) >= 11 is 1.39. The van der Waals surface area contributed by atoms with E-state index < -0.39 is 5.91 Å². The number of benzene rings is 2. The van der Waals surface area contributed by atoms with Crippen molar-refractivity contribution in [2.24, 2.45) is 5.73 Å². The number of allylic oxidation sites excluding steroid dienone is 1. The summed E-state index contributed by atoms with van der Waals surface area (Å²) in [4.78, 5) is 16.0. The zero-order valence-corrected chi connectivity index (χ0v) is 14.9. The Bertz CT molecular complexity index is 1010. The fourth-order valence-electron chi connectivity index (χ4n) is 2.37. The standard InChI is InChI=1S/C20H16N4OS/c1-13-6-8-14(9-7-13)18-12-26-20(24-18)15(10-21)11-23-17-5-3-2-4-16(17)19(22)25/h2-9,11-12,23H,1H3,(H2,22,25)/b15-11+. The minimum absolute atomic E-state index is 0.362. The molecule has 1 aromatic heterocycles. The maximum absolute atomic E-state index is 11.5. The van der Waals surface area contributed by atoms with Crippen LogP contribution in [0.15, 0.2) is 60.1 Å². The van der Waals surface area contributed by atoms with Crippen LogP contribution < -0.4 is 11.1 Å². The average Bonchev–Trinajstić information content (AvgIpc) is 3.13. The fraction of sp³-hybridized carbons (Fsp3) is 0.0500. The SMILES string of the molecule is Cc1ccc(-c2csc(/C(C#N)=C/Nc3ccccc3C(N)=O)n2)cc1. The largest absolute Gasteiger partial charge is 0.366 e. The van der Waals surface area contributed by atoms with Crippen molar-refractivity contribution in [3.8, 4) is 17.3 Å². The van der Waals surface area contributed by atoms with Crippen LogP contribution in [-0.2, 0) is 0 Å². The average molecular weight is 360 g/mol. The molecule has 128 valence electrons. The molecule has 0 saturated heterocycles. The minimum atomic E-state index is -0.532. The Kier molecular flexibility index (Phi) is 5.11. The van der Waals surface area contributed by atoms with Crippen LogP contribution in [-0.4, -0.2) is 10.9 Å². The van der Waals surface area contributed by atoms with Gasteiger partial charge in [0.05, 0.1) is 16.9 Å². The predicted octanol–water partition coefficient (Wildman–Crippen LogP) is 4.19. The number of primary amides is 1. The smallest absolute Gasteiger partial charge is 0.250 e. The van der Waals surface area contributed by atoms with Gasteiger partial charge in [0.1, 0.15) is 16.6 Å². The number of rotatable bonds is 5. The molecule has 0 atom stereocenters. The third-order valence-electron chi connectivity index (χ3n) is 3.77. The van der Waals surface area contributed by atoms with Gasteiger partial charge in [0.2, 0.25) is 0 Å². The Labute approximate surface area is 155 Å². The highest BCUT2D eigenvalue weighted by atomic mass is 32.1. The first-order valence-electron chi connectivity index (χ1n) is 7.87. The number of nitrogens with two attached hydrogens (primary N) is 1. The summed E-state index contributed by atoms with van der Waals surface area (Å²) < 4.78 is 0. The molecule has 0 radical (unpaired) electrons. The molecule has 3 N–H and O–H groups in total. The molecule has 1 amide bonds. The van der Waals surface area contributed by atoms with Gasteiger partial charge < -0.3 is 11.1 Å². The number of carbonyl (C=O) groups is 1. The number of anilines is 1. The van der Waals surface area contributed by atoms with Crippen molar-refractivity contribution in [3.63, 3.8) is 0 Å². The molecule has 0 spiro atoms. The molecule has 1 heterocycles. The molecular formula is C20H16N4OS. The third kappa shape index (κ3) is 3.79. The topological polar surface area (TPSA) is 91.8 Å². The normalized spacial score (nSPS) is 11.0. The van der Waals surface area contributed by atoms with Crippen molar-refractivity contribution in [3.05, 3.63) is 76.2 Å². The molecule has 0 aliphatic carbocycles. The Morgan fingerprint density at radius 3 is 2.65 bits per heavy atom. The van der Waals surface area contributed by atoms with Crippen LogP contribution in [0.2, 0.25) is 0 Å². The molecule has 0 unspecified atom stereocenters. The van der Waals surface area contributed by atoms with Gasteiger partial charge >= 0.3 is 0 Å². The summed E-state index contributed by atoms with van der Waals surface area (Å²) in [5, 5.41) is 15.0. The molecule has 6 heteroatoms. The van der Waals surface area contributed by atoms with Crippen molar-refractivity contribution in [2.45, 2.75) is 6.92 Å². The van der Waals surface area contributed by atoms with Crippen LogP contribution >= 0.6 is 11.3 Å². The van der Waals surface area contributed by atoms with E-state index in [0.29, 0.717) is 21.8 Å². The maximum atomic E-state index is 11.5. The summed E-state index contributed by atoms with van der Waals surface area (Å²) in [5.41, 5.74) is 9.66. The number of hydrogen-bond donors (Lipinski definition) is 2. The summed E-state index contributed by atoms with van der Waals surface area (Å²) in [7, 11) is 0. The predicted molar refractivity (Wildman–Crippen MR) is 104 cm³/mol. The van der Waals surface area contributed by atoms with E-state index in [1.54, 1.807) is 30.5 Å². The third-order valence-corrected chi connectivity index (χ3v) is 4.64. The molecule has 0 fully saturated rings. The van der Waals surface area contributed by atoms with Gasteiger partial charge in [-0.05, 0) is 19.1 Å². The van der Waals surface area contributed by atoms with E-state index in [1.807, 2.05) is 36.6 Å². The molecule has 0 saturated carbocycles. The van der Waals surface area contributed by atoms with Crippen molar-refractivity contribution in [1.29, 1.82) is 5.26 Å². The Hall–Kier alpha value is -3.43. The second kappa shape index (κ2) is 7.64. The highest BCUT2D eigenvalue weighted by Crippen LogP contribution is 2.26. The number of nitrogens with zero attached hydrogens (tertiary/aromatic N) is 2. The van der Waals surface area contributed by atoms with Crippen molar-refractivity contribution in [1.82, 2.24) is 4.98 Å².